The largest absolute Gasteiger partial charge is 0.383 e. The summed E-state index contributed by atoms with van der Waals surface area (Å²) in [5.41, 5.74) is 0.805. The monoisotopic (exact) mass is 404 g/mol. The number of benzene rings is 1. The Morgan fingerprint density at radius 1 is 1.04 bits per heavy atom. The Hall–Kier alpha value is -2.55. The summed E-state index contributed by atoms with van der Waals surface area (Å²) in [6, 6.07) is 9.09. The number of hydrogen-bond acceptors (Lipinski definition) is 6. The van der Waals surface area contributed by atoms with Crippen LogP contribution in [0.4, 0.5) is 10.1 Å². The molecule has 8 heteroatoms. The molecule has 1 aromatic carbocycles. The molecular formula is C20H21FN2O4S. The number of halogens is 1. The summed E-state index contributed by atoms with van der Waals surface area (Å²) in [4.78, 5) is 30.0. The van der Waals surface area contributed by atoms with Crippen LogP contribution in [0.15, 0.2) is 47.5 Å². The van der Waals surface area contributed by atoms with Crippen LogP contribution in [0.1, 0.15) is 4.88 Å². The quantitative estimate of drug-likeness (QED) is 0.602. The first-order valence-corrected chi connectivity index (χ1v) is 9.61. The summed E-state index contributed by atoms with van der Waals surface area (Å²) in [5.74, 6) is -1.46. The highest BCUT2D eigenvalue weighted by Crippen LogP contribution is 2.36. The molecule has 3 rings (SSSR count). The lowest BCUT2D eigenvalue weighted by molar-refractivity contribution is -0.120. The molecule has 0 radical (unpaired) electrons. The summed E-state index contributed by atoms with van der Waals surface area (Å²) in [7, 11) is 3.15. The molecule has 148 valence electrons. The van der Waals surface area contributed by atoms with Crippen LogP contribution in [0.3, 0.4) is 0 Å². The third kappa shape index (κ3) is 3.99. The Bertz CT molecular complexity index is 874. The molecule has 0 bridgehead atoms. The predicted molar refractivity (Wildman–Crippen MR) is 105 cm³/mol. The minimum absolute atomic E-state index is 0.206. The van der Waals surface area contributed by atoms with Crippen molar-refractivity contribution in [2.75, 3.05) is 45.4 Å². The van der Waals surface area contributed by atoms with Gasteiger partial charge in [0.25, 0.3) is 11.8 Å². The van der Waals surface area contributed by atoms with Gasteiger partial charge in [0.05, 0.1) is 24.5 Å². The molecule has 0 saturated heterocycles. The highest BCUT2D eigenvalue weighted by atomic mass is 32.1. The maximum atomic E-state index is 13.7. The number of thiophene rings is 1. The van der Waals surface area contributed by atoms with E-state index in [0.717, 1.165) is 4.90 Å². The molecule has 2 heterocycles. The minimum atomic E-state index is -0.514. The summed E-state index contributed by atoms with van der Waals surface area (Å²) >= 11 is 1.37. The van der Waals surface area contributed by atoms with Crippen LogP contribution in [0.5, 0.6) is 0 Å². The Morgan fingerprint density at radius 2 is 1.75 bits per heavy atom. The molecule has 2 amide bonds. The van der Waals surface area contributed by atoms with Crippen molar-refractivity contribution < 1.29 is 23.5 Å². The van der Waals surface area contributed by atoms with E-state index < -0.39 is 17.6 Å². The Labute approximate surface area is 166 Å². The second kappa shape index (κ2) is 9.09. The third-order valence-electron chi connectivity index (χ3n) is 4.34. The van der Waals surface area contributed by atoms with Crippen molar-refractivity contribution in [2.24, 2.45) is 0 Å². The molecule has 1 aliphatic rings. The smallest absolute Gasteiger partial charge is 0.282 e. The van der Waals surface area contributed by atoms with Crippen molar-refractivity contribution in [1.82, 2.24) is 4.90 Å². The normalized spacial score (nSPS) is 14.3. The first-order chi connectivity index (χ1) is 13.6. The summed E-state index contributed by atoms with van der Waals surface area (Å²) in [6.07, 6.45) is 0. The molecule has 28 heavy (non-hydrogen) atoms. The zero-order valence-electron chi connectivity index (χ0n) is 15.7. The number of rotatable bonds is 9. The first kappa shape index (κ1) is 20.2. The molecule has 0 aliphatic carbocycles. The van der Waals surface area contributed by atoms with Crippen molar-refractivity contribution in [3.8, 4) is 0 Å². The first-order valence-electron chi connectivity index (χ1n) is 8.73. The number of methoxy groups -OCH3 is 2. The van der Waals surface area contributed by atoms with Gasteiger partial charge in [-0.2, -0.15) is 0 Å². The average molecular weight is 404 g/mol. The van der Waals surface area contributed by atoms with E-state index in [4.69, 9.17) is 9.47 Å². The van der Waals surface area contributed by atoms with Gasteiger partial charge < -0.3 is 14.4 Å². The second-order valence-corrected chi connectivity index (χ2v) is 7.05. The molecule has 0 spiro atoms. The molecule has 0 saturated carbocycles. The van der Waals surface area contributed by atoms with E-state index in [-0.39, 0.29) is 11.4 Å². The van der Waals surface area contributed by atoms with Crippen molar-refractivity contribution in [3.63, 3.8) is 0 Å². The topological polar surface area (TPSA) is 59.1 Å². The molecular weight excluding hydrogens is 383 g/mol. The number of carbonyl (C=O) groups is 2. The number of amides is 2. The molecule has 0 fully saturated rings. The van der Waals surface area contributed by atoms with Gasteiger partial charge in [0, 0.05) is 32.2 Å². The van der Waals surface area contributed by atoms with E-state index >= 15 is 0 Å². The van der Waals surface area contributed by atoms with E-state index in [1.165, 1.54) is 29.5 Å². The van der Waals surface area contributed by atoms with Gasteiger partial charge in [-0.05, 0) is 29.6 Å². The van der Waals surface area contributed by atoms with Gasteiger partial charge >= 0.3 is 0 Å². The highest BCUT2D eigenvalue weighted by molar-refractivity contribution is 7.11. The summed E-state index contributed by atoms with van der Waals surface area (Å²) < 4.78 is 24.1. The number of ether oxygens (including phenoxy) is 2. The Morgan fingerprint density at radius 3 is 2.32 bits per heavy atom. The Kier molecular flexibility index (Phi) is 6.56. The lowest BCUT2D eigenvalue weighted by atomic mass is 10.1. The molecule has 0 unspecified atom stereocenters. The fraction of sp³-hybridized carbons (Fsp3) is 0.300. The van der Waals surface area contributed by atoms with Crippen molar-refractivity contribution in [1.29, 1.82) is 0 Å². The van der Waals surface area contributed by atoms with E-state index in [1.807, 2.05) is 11.4 Å². The average Bonchev–Trinajstić information content (AvgIpc) is 3.28. The zero-order chi connectivity index (χ0) is 20.1. The van der Waals surface area contributed by atoms with Crippen LogP contribution in [0.2, 0.25) is 0 Å². The third-order valence-corrected chi connectivity index (χ3v) is 5.23. The van der Waals surface area contributed by atoms with Gasteiger partial charge in [-0.15, -0.1) is 11.3 Å². The van der Waals surface area contributed by atoms with Crippen LogP contribution in [-0.2, 0) is 19.1 Å². The molecule has 0 atom stereocenters. The van der Waals surface area contributed by atoms with E-state index in [2.05, 4.69) is 0 Å². The number of carbonyl (C=O) groups excluding carboxylic acids is 2. The van der Waals surface area contributed by atoms with Crippen LogP contribution >= 0.6 is 11.3 Å². The van der Waals surface area contributed by atoms with Crippen LogP contribution in [0, 0.1) is 5.82 Å². The number of nitrogens with zero attached hydrogens (tertiary/aromatic N) is 2. The van der Waals surface area contributed by atoms with E-state index in [1.54, 1.807) is 31.3 Å². The van der Waals surface area contributed by atoms with Crippen molar-refractivity contribution >= 4 is 34.4 Å². The maximum absolute atomic E-state index is 13.7. The molecule has 0 N–H and O–H groups in total. The number of hydrogen-bond donors (Lipinski definition) is 0. The fourth-order valence-corrected chi connectivity index (χ4v) is 3.81. The van der Waals surface area contributed by atoms with Crippen LogP contribution < -0.4 is 4.90 Å². The molecule has 6 nitrogen and oxygen atoms in total. The lowest BCUT2D eigenvalue weighted by Gasteiger charge is -2.25. The minimum Gasteiger partial charge on any atom is -0.383 e. The molecule has 1 aliphatic heterocycles. The second-order valence-electron chi connectivity index (χ2n) is 6.10. The summed E-state index contributed by atoms with van der Waals surface area (Å²) in [6.45, 7) is 1.60. The Balaban J connectivity index is 2.07. The number of anilines is 1. The van der Waals surface area contributed by atoms with Gasteiger partial charge in [-0.3, -0.25) is 9.59 Å². The van der Waals surface area contributed by atoms with Crippen LogP contribution in [-0.4, -0.2) is 57.2 Å². The van der Waals surface area contributed by atoms with Gasteiger partial charge in [0.15, 0.2) is 0 Å². The SMILES string of the molecule is COCCN(CCOC)C1=C(c2cccs2)C(=O)N(c2cccc(F)c2)C1=O. The fourth-order valence-electron chi connectivity index (χ4n) is 3.04. The van der Waals surface area contributed by atoms with Crippen molar-refractivity contribution in [3.05, 3.63) is 58.2 Å². The van der Waals surface area contributed by atoms with Gasteiger partial charge in [0.2, 0.25) is 0 Å². The summed E-state index contributed by atoms with van der Waals surface area (Å²) in [5, 5.41) is 1.84. The molecule has 2 aromatic rings. The highest BCUT2D eigenvalue weighted by Gasteiger charge is 2.42. The van der Waals surface area contributed by atoms with Crippen molar-refractivity contribution in [2.45, 2.75) is 0 Å². The maximum Gasteiger partial charge on any atom is 0.282 e. The standard InChI is InChI=1S/C20H21FN2O4S/c1-26-10-8-22(9-11-27-2)18-17(16-7-4-12-28-16)19(24)23(20(18)25)15-6-3-5-14(21)13-15/h3-7,12-13H,8-11H2,1-2H3. The predicted octanol–water partition coefficient (Wildman–Crippen LogP) is 2.77. The zero-order valence-corrected chi connectivity index (χ0v) is 16.5. The van der Waals surface area contributed by atoms with Gasteiger partial charge in [-0.1, -0.05) is 12.1 Å². The van der Waals surface area contributed by atoms with Crippen LogP contribution in [0.25, 0.3) is 5.57 Å². The van der Waals surface area contributed by atoms with E-state index in [0.29, 0.717) is 36.8 Å². The lowest BCUT2D eigenvalue weighted by Crippen LogP contribution is -2.37. The molecule has 1 aromatic heterocycles. The van der Waals surface area contributed by atoms with Gasteiger partial charge in [-0.25, -0.2) is 9.29 Å². The van der Waals surface area contributed by atoms with E-state index in [9.17, 15) is 14.0 Å². The number of imide groups is 1. The van der Waals surface area contributed by atoms with Gasteiger partial charge in [0.1, 0.15) is 11.5 Å².